The maximum absolute atomic E-state index is 5.65. The number of hydrogen-bond donors (Lipinski definition) is 2. The zero-order chi connectivity index (χ0) is 10.7. The van der Waals surface area contributed by atoms with Gasteiger partial charge in [0, 0.05) is 24.1 Å². The second-order valence-corrected chi connectivity index (χ2v) is 3.29. The zero-order valence-electron chi connectivity index (χ0n) is 8.44. The Bertz CT molecular complexity index is 468. The van der Waals surface area contributed by atoms with E-state index in [9.17, 15) is 0 Å². The van der Waals surface area contributed by atoms with Crippen molar-refractivity contribution in [2.45, 2.75) is 6.92 Å². The summed E-state index contributed by atoms with van der Waals surface area (Å²) in [5.74, 6) is 0.728. The second kappa shape index (κ2) is 3.96. The summed E-state index contributed by atoms with van der Waals surface area (Å²) in [6, 6.07) is 5.47. The summed E-state index contributed by atoms with van der Waals surface area (Å²) in [7, 11) is 0. The van der Waals surface area contributed by atoms with Gasteiger partial charge < -0.3 is 11.1 Å². The van der Waals surface area contributed by atoms with Crippen LogP contribution < -0.4 is 11.1 Å². The third-order valence-corrected chi connectivity index (χ3v) is 2.09. The van der Waals surface area contributed by atoms with E-state index in [0.717, 1.165) is 17.1 Å². The summed E-state index contributed by atoms with van der Waals surface area (Å²) in [6.45, 7) is 2.01. The van der Waals surface area contributed by atoms with Crippen LogP contribution in [0.25, 0.3) is 0 Å². The van der Waals surface area contributed by atoms with Crippen LogP contribution in [0.15, 0.2) is 36.8 Å². The van der Waals surface area contributed by atoms with Gasteiger partial charge in [0.25, 0.3) is 0 Å². The molecule has 2 rings (SSSR count). The Morgan fingerprint density at radius 2 is 2.13 bits per heavy atom. The van der Waals surface area contributed by atoms with E-state index in [1.54, 1.807) is 30.7 Å². The van der Waals surface area contributed by atoms with E-state index in [-0.39, 0.29) is 0 Å². The molecule has 0 radical (unpaired) electrons. The van der Waals surface area contributed by atoms with Crippen molar-refractivity contribution in [2.75, 3.05) is 11.1 Å². The molecular weight excluding hydrogens is 188 g/mol. The van der Waals surface area contributed by atoms with Gasteiger partial charge in [-0.1, -0.05) is 0 Å². The first-order chi connectivity index (χ1) is 7.25. The molecule has 0 spiro atoms. The number of nitrogens with one attached hydrogen (secondary N) is 1. The number of nitrogen functional groups attached to an aromatic ring is 1. The molecule has 0 fully saturated rings. The normalized spacial score (nSPS) is 9.93. The molecule has 0 aromatic carbocycles. The fourth-order valence-corrected chi connectivity index (χ4v) is 1.25. The smallest absolute Gasteiger partial charge is 0.132 e. The summed E-state index contributed by atoms with van der Waals surface area (Å²) in [6.07, 6.45) is 5.19. The molecule has 2 heterocycles. The topological polar surface area (TPSA) is 63.8 Å². The van der Waals surface area contributed by atoms with Crippen molar-refractivity contribution < 1.29 is 0 Å². The van der Waals surface area contributed by atoms with Crippen LogP contribution >= 0.6 is 0 Å². The van der Waals surface area contributed by atoms with Gasteiger partial charge in [0.2, 0.25) is 0 Å². The number of nitrogens with zero attached hydrogens (tertiary/aromatic N) is 2. The third-order valence-electron chi connectivity index (χ3n) is 2.09. The van der Waals surface area contributed by atoms with Gasteiger partial charge in [0.15, 0.2) is 0 Å². The molecule has 4 nitrogen and oxygen atoms in total. The number of aromatic nitrogens is 2. The van der Waals surface area contributed by atoms with Crippen molar-refractivity contribution >= 4 is 17.2 Å². The summed E-state index contributed by atoms with van der Waals surface area (Å²) in [5, 5.41) is 3.16. The molecule has 4 heteroatoms. The van der Waals surface area contributed by atoms with Gasteiger partial charge >= 0.3 is 0 Å². The molecule has 0 unspecified atom stereocenters. The summed E-state index contributed by atoms with van der Waals surface area (Å²) < 4.78 is 0. The Morgan fingerprint density at radius 3 is 2.87 bits per heavy atom. The Labute approximate surface area is 88.2 Å². The lowest BCUT2D eigenvalue weighted by Gasteiger charge is -2.07. The molecule has 0 amide bonds. The number of nitrogens with two attached hydrogens (primary N) is 1. The predicted molar refractivity (Wildman–Crippen MR) is 60.9 cm³/mol. The fourth-order valence-electron chi connectivity index (χ4n) is 1.25. The maximum Gasteiger partial charge on any atom is 0.132 e. The van der Waals surface area contributed by atoms with Gasteiger partial charge in [-0.3, -0.25) is 4.98 Å². The largest absolute Gasteiger partial charge is 0.399 e. The Morgan fingerprint density at radius 1 is 1.27 bits per heavy atom. The highest BCUT2D eigenvalue weighted by Crippen LogP contribution is 2.18. The third kappa shape index (κ3) is 2.22. The van der Waals surface area contributed by atoms with Crippen LogP contribution in [0.1, 0.15) is 5.56 Å². The molecule has 76 valence electrons. The zero-order valence-corrected chi connectivity index (χ0v) is 8.44. The number of rotatable bonds is 2. The lowest BCUT2D eigenvalue weighted by molar-refractivity contribution is 1.25. The number of anilines is 3. The Balaban J connectivity index is 2.26. The molecule has 0 saturated carbocycles. The van der Waals surface area contributed by atoms with Crippen LogP contribution in [0.4, 0.5) is 17.2 Å². The van der Waals surface area contributed by atoms with Crippen molar-refractivity contribution in [3.63, 3.8) is 0 Å². The van der Waals surface area contributed by atoms with Crippen LogP contribution in [-0.4, -0.2) is 9.97 Å². The number of hydrogen-bond acceptors (Lipinski definition) is 4. The molecule has 0 aliphatic rings. The summed E-state index contributed by atoms with van der Waals surface area (Å²) >= 11 is 0. The predicted octanol–water partition coefficient (Wildman–Crippen LogP) is 2.11. The molecule has 2 aromatic rings. The van der Waals surface area contributed by atoms with Crippen molar-refractivity contribution in [1.29, 1.82) is 0 Å². The molecule has 3 N–H and O–H groups in total. The van der Waals surface area contributed by atoms with E-state index in [1.807, 2.05) is 13.0 Å². The van der Waals surface area contributed by atoms with Crippen LogP contribution in [0.5, 0.6) is 0 Å². The van der Waals surface area contributed by atoms with Crippen LogP contribution in [0.2, 0.25) is 0 Å². The molecule has 0 saturated heterocycles. The van der Waals surface area contributed by atoms with E-state index >= 15 is 0 Å². The molecule has 15 heavy (non-hydrogen) atoms. The van der Waals surface area contributed by atoms with E-state index < -0.39 is 0 Å². The highest BCUT2D eigenvalue weighted by Gasteiger charge is 1.99. The van der Waals surface area contributed by atoms with Crippen LogP contribution in [0, 0.1) is 6.92 Å². The minimum absolute atomic E-state index is 0.689. The summed E-state index contributed by atoms with van der Waals surface area (Å²) in [5.41, 5.74) is 8.40. The fraction of sp³-hybridized carbons (Fsp3) is 0.0909. The van der Waals surface area contributed by atoms with Gasteiger partial charge in [-0.2, -0.15) is 0 Å². The van der Waals surface area contributed by atoms with Crippen molar-refractivity contribution in [3.05, 3.63) is 42.4 Å². The number of aryl methyl sites for hydroxylation is 1. The highest BCUT2D eigenvalue weighted by atomic mass is 15.0. The first-order valence-corrected chi connectivity index (χ1v) is 4.65. The highest BCUT2D eigenvalue weighted by molar-refractivity contribution is 5.61. The average Bonchev–Trinajstić information content (AvgIpc) is 2.22. The standard InChI is InChI=1S/C11H12N4/c1-8-2-4-13-7-10(8)15-11-6-9(12)3-5-14-11/h2-7H,1H3,(H3,12,14,15). The van der Waals surface area contributed by atoms with Crippen molar-refractivity contribution in [1.82, 2.24) is 9.97 Å². The lowest BCUT2D eigenvalue weighted by atomic mass is 10.2. The SMILES string of the molecule is Cc1ccncc1Nc1cc(N)ccn1. The van der Waals surface area contributed by atoms with Gasteiger partial charge in [-0.05, 0) is 24.6 Å². The van der Waals surface area contributed by atoms with Gasteiger partial charge in [-0.25, -0.2) is 4.98 Å². The van der Waals surface area contributed by atoms with Crippen LogP contribution in [0.3, 0.4) is 0 Å². The molecule has 0 aliphatic heterocycles. The lowest BCUT2D eigenvalue weighted by Crippen LogP contribution is -1.97. The quantitative estimate of drug-likeness (QED) is 0.779. The van der Waals surface area contributed by atoms with Crippen LogP contribution in [-0.2, 0) is 0 Å². The maximum atomic E-state index is 5.65. The van der Waals surface area contributed by atoms with E-state index in [4.69, 9.17) is 5.73 Å². The Hall–Kier alpha value is -2.10. The first kappa shape index (κ1) is 9.45. The first-order valence-electron chi connectivity index (χ1n) is 4.65. The monoisotopic (exact) mass is 200 g/mol. The van der Waals surface area contributed by atoms with Gasteiger partial charge in [0.05, 0.1) is 11.9 Å². The molecule has 0 atom stereocenters. The van der Waals surface area contributed by atoms with E-state index in [2.05, 4.69) is 15.3 Å². The second-order valence-electron chi connectivity index (χ2n) is 3.29. The van der Waals surface area contributed by atoms with E-state index in [1.165, 1.54) is 0 Å². The van der Waals surface area contributed by atoms with Crippen molar-refractivity contribution in [3.8, 4) is 0 Å². The summed E-state index contributed by atoms with van der Waals surface area (Å²) in [4.78, 5) is 8.20. The minimum atomic E-state index is 0.689. The van der Waals surface area contributed by atoms with Gasteiger partial charge in [0.1, 0.15) is 5.82 Å². The van der Waals surface area contributed by atoms with Gasteiger partial charge in [-0.15, -0.1) is 0 Å². The Kier molecular flexibility index (Phi) is 2.49. The molecular formula is C11H12N4. The number of pyridine rings is 2. The molecule has 0 aliphatic carbocycles. The van der Waals surface area contributed by atoms with E-state index in [0.29, 0.717) is 5.69 Å². The van der Waals surface area contributed by atoms with Crippen molar-refractivity contribution in [2.24, 2.45) is 0 Å². The minimum Gasteiger partial charge on any atom is -0.399 e. The average molecular weight is 200 g/mol. The molecule has 2 aromatic heterocycles. The molecule has 0 bridgehead atoms.